The van der Waals surface area contributed by atoms with Crippen LogP contribution in [0, 0.1) is 0 Å². The predicted octanol–water partition coefficient (Wildman–Crippen LogP) is 3.23. The Balaban J connectivity index is 1.68. The van der Waals surface area contributed by atoms with Crippen molar-refractivity contribution in [2.45, 2.75) is 6.42 Å². The van der Waals surface area contributed by atoms with Crippen molar-refractivity contribution >= 4 is 51.9 Å². The molecule has 0 radical (unpaired) electrons. The van der Waals surface area contributed by atoms with Crippen molar-refractivity contribution in [3.63, 3.8) is 0 Å². The van der Waals surface area contributed by atoms with Gasteiger partial charge in [0, 0.05) is 19.8 Å². The fourth-order valence-electron chi connectivity index (χ4n) is 2.53. The van der Waals surface area contributed by atoms with Crippen LogP contribution >= 0.6 is 24.0 Å². The van der Waals surface area contributed by atoms with Crippen LogP contribution in [0.15, 0.2) is 59.5 Å². The summed E-state index contributed by atoms with van der Waals surface area (Å²) < 4.78 is 0.317. The van der Waals surface area contributed by atoms with Crippen LogP contribution in [-0.4, -0.2) is 35.2 Å². The molecule has 0 aromatic heterocycles. The fourth-order valence-corrected chi connectivity index (χ4v) is 3.71. The Bertz CT molecular complexity index is 893. The van der Waals surface area contributed by atoms with Crippen LogP contribution in [0.1, 0.15) is 11.1 Å². The van der Waals surface area contributed by atoms with Gasteiger partial charge >= 0.3 is 0 Å². The fraction of sp³-hybridized carbons (Fsp3) is 0.150. The zero-order chi connectivity index (χ0) is 19.4. The molecule has 0 aliphatic carbocycles. The van der Waals surface area contributed by atoms with E-state index < -0.39 is 0 Å². The van der Waals surface area contributed by atoms with Crippen molar-refractivity contribution in [2.75, 3.05) is 19.0 Å². The molecule has 2 amide bonds. The first-order valence-electron chi connectivity index (χ1n) is 8.33. The summed E-state index contributed by atoms with van der Waals surface area (Å²) in [5.41, 5.74) is 5.45. The molecule has 1 aliphatic rings. The molecule has 1 N–H and O–H groups in total. The van der Waals surface area contributed by atoms with Crippen LogP contribution in [0.3, 0.4) is 0 Å². The van der Waals surface area contributed by atoms with Crippen molar-refractivity contribution in [2.24, 2.45) is 0 Å². The quantitative estimate of drug-likeness (QED) is 0.620. The van der Waals surface area contributed by atoms with E-state index in [1.165, 1.54) is 11.8 Å². The van der Waals surface area contributed by atoms with Gasteiger partial charge in [-0.3, -0.25) is 15.0 Å². The third-order valence-electron chi connectivity index (χ3n) is 3.94. The van der Waals surface area contributed by atoms with E-state index in [9.17, 15) is 9.59 Å². The number of hydrogen-bond donors (Lipinski definition) is 1. The van der Waals surface area contributed by atoms with E-state index in [-0.39, 0.29) is 18.2 Å². The van der Waals surface area contributed by atoms with Gasteiger partial charge in [-0.1, -0.05) is 54.2 Å². The minimum atomic E-state index is -0.317. The largest absolute Gasteiger partial charge is 0.378 e. The predicted molar refractivity (Wildman–Crippen MR) is 114 cm³/mol. The molecule has 2 aromatic carbocycles. The van der Waals surface area contributed by atoms with Crippen LogP contribution in [0.4, 0.5) is 5.69 Å². The van der Waals surface area contributed by atoms with Gasteiger partial charge in [0.15, 0.2) is 4.32 Å². The molecule has 0 atom stereocenters. The number of thioether (sulfide) groups is 1. The second kappa shape index (κ2) is 8.37. The standard InChI is InChI=1S/C20H19N3O2S2/c1-22(2)16-10-8-15(9-11-16)12-17-19(25)23(20(26)27-17)21-18(24)13-14-6-4-3-5-7-14/h3-12H,13H2,1-2H3,(H,21,24)/b17-12-. The van der Waals surface area contributed by atoms with Crippen molar-refractivity contribution in [1.29, 1.82) is 0 Å². The van der Waals surface area contributed by atoms with E-state index in [1.807, 2.05) is 73.6 Å². The van der Waals surface area contributed by atoms with Crippen LogP contribution in [0.25, 0.3) is 6.08 Å². The first-order chi connectivity index (χ1) is 12.9. The third kappa shape index (κ3) is 4.75. The Morgan fingerprint density at radius 1 is 1.15 bits per heavy atom. The Kier molecular flexibility index (Phi) is 5.93. The number of amides is 2. The minimum absolute atomic E-state index is 0.183. The highest BCUT2D eigenvalue weighted by Crippen LogP contribution is 2.31. The summed E-state index contributed by atoms with van der Waals surface area (Å²) in [6.07, 6.45) is 1.96. The zero-order valence-corrected chi connectivity index (χ0v) is 16.6. The molecule has 1 fully saturated rings. The topological polar surface area (TPSA) is 52.6 Å². The average molecular weight is 398 g/mol. The highest BCUT2D eigenvalue weighted by Gasteiger charge is 2.33. The van der Waals surface area contributed by atoms with Crippen molar-refractivity contribution < 1.29 is 9.59 Å². The van der Waals surface area contributed by atoms with Crippen molar-refractivity contribution in [3.05, 3.63) is 70.6 Å². The molecule has 0 saturated carbocycles. The summed E-state index contributed by atoms with van der Waals surface area (Å²) in [5, 5.41) is 1.14. The van der Waals surface area contributed by atoms with E-state index in [4.69, 9.17) is 12.2 Å². The smallest absolute Gasteiger partial charge is 0.285 e. The number of hydrogen-bond acceptors (Lipinski definition) is 5. The molecular weight excluding hydrogens is 378 g/mol. The Labute approximate surface area is 168 Å². The maximum atomic E-state index is 12.6. The van der Waals surface area contributed by atoms with E-state index in [0.29, 0.717) is 9.23 Å². The molecular formula is C20H19N3O2S2. The minimum Gasteiger partial charge on any atom is -0.378 e. The zero-order valence-electron chi connectivity index (χ0n) is 15.0. The molecule has 0 unspecified atom stereocenters. The van der Waals surface area contributed by atoms with Gasteiger partial charge in [-0.25, -0.2) is 0 Å². The number of rotatable bonds is 5. The molecule has 0 spiro atoms. The molecule has 1 aliphatic heterocycles. The van der Waals surface area contributed by atoms with Gasteiger partial charge in [-0.15, -0.1) is 0 Å². The summed E-state index contributed by atoms with van der Waals surface area (Å²) in [6, 6.07) is 17.2. The molecule has 2 aromatic rings. The SMILES string of the molecule is CN(C)c1ccc(/C=C2\SC(=S)N(NC(=O)Cc3ccccc3)C2=O)cc1. The van der Waals surface area contributed by atoms with E-state index in [0.717, 1.165) is 21.8 Å². The maximum absolute atomic E-state index is 12.6. The lowest BCUT2D eigenvalue weighted by molar-refractivity contribution is -0.132. The first-order valence-corrected chi connectivity index (χ1v) is 9.55. The maximum Gasteiger partial charge on any atom is 0.285 e. The number of hydrazine groups is 1. The normalized spacial score (nSPS) is 15.3. The van der Waals surface area contributed by atoms with Crippen LogP contribution < -0.4 is 10.3 Å². The number of nitrogens with one attached hydrogen (secondary N) is 1. The molecule has 0 bridgehead atoms. The Morgan fingerprint density at radius 3 is 2.44 bits per heavy atom. The molecule has 1 saturated heterocycles. The molecule has 5 nitrogen and oxygen atoms in total. The van der Waals surface area contributed by atoms with Gasteiger partial charge in [0.05, 0.1) is 11.3 Å². The van der Waals surface area contributed by atoms with E-state index in [1.54, 1.807) is 6.08 Å². The van der Waals surface area contributed by atoms with Gasteiger partial charge in [0.2, 0.25) is 5.91 Å². The highest BCUT2D eigenvalue weighted by atomic mass is 32.2. The monoisotopic (exact) mass is 397 g/mol. The Morgan fingerprint density at radius 2 is 1.81 bits per heavy atom. The summed E-state index contributed by atoms with van der Waals surface area (Å²) in [5.74, 6) is -0.600. The number of thiocarbonyl (C=S) groups is 1. The van der Waals surface area contributed by atoms with Crippen molar-refractivity contribution in [1.82, 2.24) is 10.4 Å². The first kappa shape index (κ1) is 19.1. The second-order valence-corrected chi connectivity index (χ2v) is 7.88. The number of anilines is 1. The lowest BCUT2D eigenvalue weighted by atomic mass is 10.1. The van der Waals surface area contributed by atoms with Gasteiger partial charge in [0.1, 0.15) is 0 Å². The number of benzene rings is 2. The van der Waals surface area contributed by atoms with Crippen molar-refractivity contribution in [3.8, 4) is 0 Å². The number of carbonyl (C=O) groups excluding carboxylic acids is 2. The van der Waals surface area contributed by atoms with E-state index >= 15 is 0 Å². The van der Waals surface area contributed by atoms with Gasteiger partial charge in [-0.05, 0) is 41.6 Å². The molecule has 3 rings (SSSR count). The highest BCUT2D eigenvalue weighted by molar-refractivity contribution is 8.26. The summed E-state index contributed by atoms with van der Waals surface area (Å²) >= 11 is 6.43. The van der Waals surface area contributed by atoms with Crippen LogP contribution in [0.2, 0.25) is 0 Å². The molecule has 1 heterocycles. The van der Waals surface area contributed by atoms with Crippen LogP contribution in [0.5, 0.6) is 0 Å². The lowest BCUT2D eigenvalue weighted by Crippen LogP contribution is -2.45. The molecule has 138 valence electrons. The summed E-state index contributed by atoms with van der Waals surface area (Å²) in [6.45, 7) is 0. The summed E-state index contributed by atoms with van der Waals surface area (Å²) in [4.78, 5) is 27.3. The Hall–Kier alpha value is -2.64. The number of carbonyl (C=O) groups is 2. The molecule has 7 heteroatoms. The average Bonchev–Trinajstić information content (AvgIpc) is 2.90. The van der Waals surface area contributed by atoms with Gasteiger partial charge in [0.25, 0.3) is 5.91 Å². The van der Waals surface area contributed by atoms with Gasteiger partial charge < -0.3 is 4.90 Å². The van der Waals surface area contributed by atoms with E-state index in [2.05, 4.69) is 5.43 Å². The van der Waals surface area contributed by atoms with Gasteiger partial charge in [-0.2, -0.15) is 5.01 Å². The summed E-state index contributed by atoms with van der Waals surface area (Å²) in [7, 11) is 3.94. The second-order valence-electron chi connectivity index (χ2n) is 6.20. The van der Waals surface area contributed by atoms with Crippen LogP contribution in [-0.2, 0) is 16.0 Å². The molecule has 27 heavy (non-hydrogen) atoms. The lowest BCUT2D eigenvalue weighted by Gasteiger charge is -2.15. The number of nitrogens with zero attached hydrogens (tertiary/aromatic N) is 2. The third-order valence-corrected chi connectivity index (χ3v) is 5.25.